The lowest BCUT2D eigenvalue weighted by Crippen LogP contribution is -2.44. The van der Waals surface area contributed by atoms with Crippen molar-refractivity contribution in [2.24, 2.45) is 11.8 Å². The molecule has 1 aliphatic rings. The highest BCUT2D eigenvalue weighted by Crippen LogP contribution is 2.39. The smallest absolute Gasteiger partial charge is 0.338 e. The van der Waals surface area contributed by atoms with Crippen molar-refractivity contribution in [3.8, 4) is 0 Å². The molecule has 0 bridgehead atoms. The van der Waals surface area contributed by atoms with Gasteiger partial charge in [-0.3, -0.25) is 0 Å². The largest absolute Gasteiger partial charge is 0.458 e. The Bertz CT molecular complexity index is 1240. The predicted octanol–water partition coefficient (Wildman–Crippen LogP) is 5.44. The normalized spacial score (nSPS) is 22.6. The van der Waals surface area contributed by atoms with Gasteiger partial charge < -0.3 is 9.47 Å². The Morgan fingerprint density at radius 2 is 1.38 bits per heavy atom. The molecule has 1 aliphatic carbocycles. The van der Waals surface area contributed by atoms with Crippen molar-refractivity contribution in [1.82, 2.24) is 0 Å². The number of ether oxygens (including phenoxy) is 2. The lowest BCUT2D eigenvalue weighted by Gasteiger charge is -2.38. The molecule has 0 spiro atoms. The summed E-state index contributed by atoms with van der Waals surface area (Å²) in [6, 6.07) is 26.7. The predicted molar refractivity (Wildman–Crippen MR) is 131 cm³/mol. The lowest BCUT2D eigenvalue weighted by atomic mass is 9.83. The number of carbonyl (C=O) groups excluding carboxylic acids is 1. The van der Waals surface area contributed by atoms with Crippen molar-refractivity contribution >= 4 is 15.8 Å². The van der Waals surface area contributed by atoms with Crippen LogP contribution in [0.1, 0.15) is 29.8 Å². The van der Waals surface area contributed by atoms with Gasteiger partial charge in [-0.1, -0.05) is 80.6 Å². The van der Waals surface area contributed by atoms with Crippen LogP contribution in [-0.4, -0.2) is 26.6 Å². The van der Waals surface area contributed by atoms with E-state index in [1.807, 2.05) is 43.3 Å². The van der Waals surface area contributed by atoms with Gasteiger partial charge in [0.05, 0.1) is 28.1 Å². The number of esters is 1. The molecule has 3 aromatic carbocycles. The molecule has 0 heterocycles. The van der Waals surface area contributed by atoms with E-state index in [-0.39, 0.29) is 15.7 Å². The second-order valence-electron chi connectivity index (χ2n) is 8.53. The third-order valence-corrected chi connectivity index (χ3v) is 8.23. The maximum absolute atomic E-state index is 13.6. The quantitative estimate of drug-likeness (QED) is 0.425. The van der Waals surface area contributed by atoms with Gasteiger partial charge in [0.15, 0.2) is 0 Å². The van der Waals surface area contributed by atoms with Crippen LogP contribution in [0, 0.1) is 11.8 Å². The third-order valence-electron chi connectivity index (χ3n) is 6.21. The van der Waals surface area contributed by atoms with E-state index in [9.17, 15) is 13.2 Å². The molecule has 0 fully saturated rings. The molecule has 0 amide bonds. The summed E-state index contributed by atoms with van der Waals surface area (Å²) in [6.45, 7) is 4.04. The Balaban J connectivity index is 1.67. The fourth-order valence-electron chi connectivity index (χ4n) is 4.28. The molecule has 0 unspecified atom stereocenters. The van der Waals surface area contributed by atoms with Crippen LogP contribution in [0.5, 0.6) is 0 Å². The van der Waals surface area contributed by atoms with Gasteiger partial charge >= 0.3 is 5.97 Å². The van der Waals surface area contributed by atoms with Crippen molar-refractivity contribution in [3.63, 3.8) is 0 Å². The summed E-state index contributed by atoms with van der Waals surface area (Å²) in [5, 5.41) is 0. The zero-order chi connectivity index (χ0) is 24.1. The van der Waals surface area contributed by atoms with Gasteiger partial charge in [-0.15, -0.1) is 0 Å². The van der Waals surface area contributed by atoms with Crippen LogP contribution in [0.4, 0.5) is 0 Å². The van der Waals surface area contributed by atoms with Gasteiger partial charge in [0.25, 0.3) is 0 Å². The summed E-state index contributed by atoms with van der Waals surface area (Å²) in [5.41, 5.74) is 1.40. The molecule has 0 aliphatic heterocycles. The summed E-state index contributed by atoms with van der Waals surface area (Å²) in [7, 11) is -3.79. The SMILES string of the molecule is C[C@H]1[C@H](OC(=O)c2ccccc2)[C@@H](C)C(S(=O)(=O)c2ccccc2)=C[C@H]1OCc1ccccc1. The molecular weight excluding hydrogens is 448 g/mol. The first kappa shape index (κ1) is 23.9. The summed E-state index contributed by atoms with van der Waals surface area (Å²) < 4.78 is 39.2. The average molecular weight is 477 g/mol. The number of sulfone groups is 1. The Hall–Kier alpha value is -3.22. The van der Waals surface area contributed by atoms with E-state index in [1.165, 1.54) is 0 Å². The van der Waals surface area contributed by atoms with E-state index in [1.54, 1.807) is 67.6 Å². The van der Waals surface area contributed by atoms with E-state index < -0.39 is 33.9 Å². The highest BCUT2D eigenvalue weighted by atomic mass is 32.2. The van der Waals surface area contributed by atoms with Crippen molar-refractivity contribution in [1.29, 1.82) is 0 Å². The van der Waals surface area contributed by atoms with E-state index in [2.05, 4.69) is 0 Å². The number of benzene rings is 3. The van der Waals surface area contributed by atoms with Gasteiger partial charge in [-0.2, -0.15) is 0 Å². The van der Waals surface area contributed by atoms with Gasteiger partial charge in [-0.05, 0) is 35.9 Å². The first-order valence-corrected chi connectivity index (χ1v) is 12.8. The molecule has 0 saturated carbocycles. The number of rotatable bonds is 7. The van der Waals surface area contributed by atoms with E-state index in [0.29, 0.717) is 12.2 Å². The molecule has 0 saturated heterocycles. The van der Waals surface area contributed by atoms with Crippen molar-refractivity contribution in [2.75, 3.05) is 0 Å². The van der Waals surface area contributed by atoms with Crippen LogP contribution in [0.2, 0.25) is 0 Å². The van der Waals surface area contributed by atoms with Crippen LogP contribution < -0.4 is 0 Å². The van der Waals surface area contributed by atoms with Crippen LogP contribution >= 0.6 is 0 Å². The highest BCUT2D eigenvalue weighted by Gasteiger charge is 2.43. The van der Waals surface area contributed by atoms with Crippen LogP contribution in [0.15, 0.2) is 107 Å². The van der Waals surface area contributed by atoms with Gasteiger partial charge in [0.2, 0.25) is 9.84 Å². The maximum Gasteiger partial charge on any atom is 0.338 e. The Kier molecular flexibility index (Phi) is 7.29. The van der Waals surface area contributed by atoms with Gasteiger partial charge in [-0.25, -0.2) is 13.2 Å². The van der Waals surface area contributed by atoms with E-state index in [0.717, 1.165) is 5.56 Å². The Morgan fingerprint density at radius 3 is 2.00 bits per heavy atom. The fourth-order valence-corrected chi connectivity index (χ4v) is 6.01. The maximum atomic E-state index is 13.6. The first-order chi connectivity index (χ1) is 16.4. The molecule has 6 heteroatoms. The molecule has 5 nitrogen and oxygen atoms in total. The van der Waals surface area contributed by atoms with Crippen LogP contribution in [0.3, 0.4) is 0 Å². The number of hydrogen-bond donors (Lipinski definition) is 0. The lowest BCUT2D eigenvalue weighted by molar-refractivity contribution is -0.0492. The molecule has 0 aromatic heterocycles. The molecule has 0 N–H and O–H groups in total. The van der Waals surface area contributed by atoms with Gasteiger partial charge in [0.1, 0.15) is 6.10 Å². The minimum atomic E-state index is -3.79. The Labute approximate surface area is 201 Å². The highest BCUT2D eigenvalue weighted by molar-refractivity contribution is 7.95. The molecule has 4 rings (SSSR count). The first-order valence-electron chi connectivity index (χ1n) is 11.3. The minimum absolute atomic E-state index is 0.206. The molecular formula is C28H28O5S. The fraction of sp³-hybridized carbons (Fsp3) is 0.250. The number of hydrogen-bond acceptors (Lipinski definition) is 5. The second kappa shape index (κ2) is 10.4. The zero-order valence-corrected chi connectivity index (χ0v) is 20.0. The van der Waals surface area contributed by atoms with Gasteiger partial charge in [0, 0.05) is 11.8 Å². The number of carbonyl (C=O) groups is 1. The zero-order valence-electron chi connectivity index (χ0n) is 19.2. The second-order valence-corrected chi connectivity index (χ2v) is 10.5. The van der Waals surface area contributed by atoms with Crippen molar-refractivity contribution in [3.05, 3.63) is 113 Å². The van der Waals surface area contributed by atoms with E-state index >= 15 is 0 Å². The average Bonchev–Trinajstić information content (AvgIpc) is 2.87. The van der Waals surface area contributed by atoms with Crippen LogP contribution in [0.25, 0.3) is 0 Å². The van der Waals surface area contributed by atoms with Crippen molar-refractivity contribution in [2.45, 2.75) is 37.6 Å². The standard InChI is InChI=1S/C28H28O5S/c1-20-25(32-19-22-12-6-3-7-13-22)18-26(34(30,31)24-16-10-5-11-17-24)21(2)27(20)33-28(29)23-14-8-4-9-15-23/h3-18,20-21,25,27H,19H2,1-2H3/t20-,21+,25-,27+/m1/s1. The molecule has 0 radical (unpaired) electrons. The summed E-state index contributed by atoms with van der Waals surface area (Å²) in [6.07, 6.45) is 0.471. The van der Waals surface area contributed by atoms with Crippen LogP contribution in [-0.2, 0) is 25.9 Å². The molecule has 176 valence electrons. The monoisotopic (exact) mass is 476 g/mol. The third kappa shape index (κ3) is 5.13. The Morgan fingerprint density at radius 1 is 0.824 bits per heavy atom. The summed E-state index contributed by atoms with van der Waals surface area (Å²) in [5.74, 6) is -1.27. The molecule has 34 heavy (non-hydrogen) atoms. The summed E-state index contributed by atoms with van der Waals surface area (Å²) >= 11 is 0. The summed E-state index contributed by atoms with van der Waals surface area (Å²) in [4.78, 5) is 13.3. The topological polar surface area (TPSA) is 69.7 Å². The molecule has 3 aromatic rings. The van der Waals surface area contributed by atoms with E-state index in [4.69, 9.17) is 9.47 Å². The van der Waals surface area contributed by atoms with Crippen molar-refractivity contribution < 1.29 is 22.7 Å². The molecule has 4 atom stereocenters. The minimum Gasteiger partial charge on any atom is -0.458 e.